The molecule has 2 fully saturated rings. The van der Waals surface area contributed by atoms with Gasteiger partial charge in [-0.3, -0.25) is 4.79 Å². The zero-order chi connectivity index (χ0) is 37.9. The fourth-order valence-corrected chi connectivity index (χ4v) is 6.57. The standard InChI is InChI=1S/C39H67NO10/c1-12-39(46)21-32(43)27(7)38(50-39)33(47-11)19-26(6)37(49-34-20-31(40-30(10)42)36(45)29(9)48-34)25(5)18-14-17-24(4)35(44)23(3)16-13-15-22(2)28(8)41/h13,15-16,18-19,22,24,26-29,31-32,34-38,41,43-46H,12,14,17,20-21H2,1-11H3,(H,40,42)/b15-13+,23-16+,25-18+,33-19+/t22?,24-,26-,27-,28+,29+,31+,32-,34-,35+,36+,37-,38-,39?/m0/s1. The van der Waals surface area contributed by atoms with Gasteiger partial charge in [0.2, 0.25) is 5.91 Å². The van der Waals surface area contributed by atoms with Crippen molar-refractivity contribution < 1.29 is 49.3 Å². The van der Waals surface area contributed by atoms with Gasteiger partial charge in [0, 0.05) is 31.6 Å². The summed E-state index contributed by atoms with van der Waals surface area (Å²) in [7, 11) is 1.54. The summed E-state index contributed by atoms with van der Waals surface area (Å²) in [5, 5.41) is 55.9. The van der Waals surface area contributed by atoms with E-state index in [-0.39, 0.29) is 42.4 Å². The number of rotatable bonds is 17. The fraction of sp³-hybridized carbons (Fsp3) is 0.769. The quantitative estimate of drug-likeness (QED) is 0.0710. The molecule has 50 heavy (non-hydrogen) atoms. The Bertz CT molecular complexity index is 1180. The van der Waals surface area contributed by atoms with Crippen molar-refractivity contribution >= 4 is 5.91 Å². The van der Waals surface area contributed by atoms with Gasteiger partial charge in [-0.05, 0) is 76.0 Å². The van der Waals surface area contributed by atoms with Gasteiger partial charge < -0.3 is 49.8 Å². The van der Waals surface area contributed by atoms with Gasteiger partial charge in [-0.2, -0.15) is 0 Å². The van der Waals surface area contributed by atoms with Gasteiger partial charge in [0.15, 0.2) is 12.1 Å². The number of hydrogen-bond acceptors (Lipinski definition) is 10. The van der Waals surface area contributed by atoms with Crippen molar-refractivity contribution in [2.24, 2.45) is 23.7 Å². The first-order chi connectivity index (χ1) is 23.3. The maximum absolute atomic E-state index is 11.9. The molecule has 2 rings (SSSR count). The minimum Gasteiger partial charge on any atom is -0.499 e. The molecule has 2 aliphatic rings. The van der Waals surface area contributed by atoms with Gasteiger partial charge in [0.1, 0.15) is 18.0 Å². The molecule has 0 aromatic heterocycles. The molecule has 2 aliphatic heterocycles. The number of aliphatic hydroxyl groups is 5. The Kier molecular flexibility index (Phi) is 17.8. The van der Waals surface area contributed by atoms with Crippen molar-refractivity contribution in [3.8, 4) is 0 Å². The minimum absolute atomic E-state index is 0.0161. The largest absolute Gasteiger partial charge is 0.499 e. The van der Waals surface area contributed by atoms with Crippen LogP contribution in [0.15, 0.2) is 47.3 Å². The van der Waals surface area contributed by atoms with Crippen molar-refractivity contribution in [1.82, 2.24) is 5.32 Å². The summed E-state index contributed by atoms with van der Waals surface area (Å²) in [5.41, 5.74) is 1.77. The highest BCUT2D eigenvalue weighted by atomic mass is 16.7. The smallest absolute Gasteiger partial charge is 0.217 e. The molecule has 0 radical (unpaired) electrons. The van der Waals surface area contributed by atoms with Crippen molar-refractivity contribution in [2.45, 2.75) is 162 Å². The summed E-state index contributed by atoms with van der Waals surface area (Å²) in [5.74, 6) is -1.89. The molecule has 0 aromatic carbocycles. The minimum atomic E-state index is -1.48. The van der Waals surface area contributed by atoms with E-state index in [9.17, 15) is 30.3 Å². The van der Waals surface area contributed by atoms with Crippen LogP contribution in [0.2, 0.25) is 0 Å². The molecule has 2 heterocycles. The molecule has 2 unspecified atom stereocenters. The van der Waals surface area contributed by atoms with Gasteiger partial charge in [-0.25, -0.2) is 0 Å². The molecule has 288 valence electrons. The maximum atomic E-state index is 11.9. The van der Waals surface area contributed by atoms with Crippen LogP contribution >= 0.6 is 0 Å². The van der Waals surface area contributed by atoms with E-state index in [0.717, 1.165) is 11.1 Å². The van der Waals surface area contributed by atoms with E-state index >= 15 is 0 Å². The lowest BCUT2D eigenvalue weighted by molar-refractivity contribution is -0.285. The zero-order valence-corrected chi connectivity index (χ0v) is 32.2. The molecular weight excluding hydrogens is 642 g/mol. The van der Waals surface area contributed by atoms with E-state index in [0.29, 0.717) is 25.0 Å². The summed E-state index contributed by atoms with van der Waals surface area (Å²) in [6.45, 7) is 18.4. The third kappa shape index (κ3) is 12.8. The average molecular weight is 710 g/mol. The summed E-state index contributed by atoms with van der Waals surface area (Å²) in [6, 6.07) is -0.542. The molecule has 0 aromatic rings. The van der Waals surface area contributed by atoms with Crippen LogP contribution in [0.5, 0.6) is 0 Å². The maximum Gasteiger partial charge on any atom is 0.217 e. The van der Waals surface area contributed by atoms with E-state index < -0.39 is 60.8 Å². The molecule has 0 spiro atoms. The summed E-state index contributed by atoms with van der Waals surface area (Å²) >= 11 is 0. The van der Waals surface area contributed by atoms with E-state index in [1.807, 2.05) is 72.8 Å². The van der Waals surface area contributed by atoms with Gasteiger partial charge >= 0.3 is 0 Å². The highest BCUT2D eigenvalue weighted by Crippen LogP contribution is 2.37. The SMILES string of the molecule is CCC1(O)C[C@H](O)[C@H](C)[C@@H](/C(=C\[C@H](C)[C@@H](O[C@H]2C[C@@H](NC(C)=O)[C@H](O)[C@@H](C)O2)/C(C)=C/CC[C@H](C)[C@H](O)/C(C)=C/C=C/C(C)[C@@H](C)O)OC)O1. The van der Waals surface area contributed by atoms with Crippen molar-refractivity contribution in [1.29, 1.82) is 0 Å². The van der Waals surface area contributed by atoms with Crippen LogP contribution in [-0.2, 0) is 23.7 Å². The fourth-order valence-electron chi connectivity index (χ4n) is 6.57. The average Bonchev–Trinajstić information content (AvgIpc) is 3.05. The second-order valence-corrected chi connectivity index (χ2v) is 14.8. The van der Waals surface area contributed by atoms with Crippen molar-refractivity contribution in [3.63, 3.8) is 0 Å². The van der Waals surface area contributed by atoms with E-state index in [1.54, 1.807) is 13.8 Å². The number of methoxy groups -OCH3 is 1. The molecule has 1 amide bonds. The zero-order valence-electron chi connectivity index (χ0n) is 32.2. The van der Waals surface area contributed by atoms with Crippen LogP contribution in [0.25, 0.3) is 0 Å². The Labute approximate surface area is 300 Å². The number of carbonyl (C=O) groups excluding carboxylic acids is 1. The highest BCUT2D eigenvalue weighted by molar-refractivity contribution is 5.73. The monoisotopic (exact) mass is 709 g/mol. The van der Waals surface area contributed by atoms with Crippen LogP contribution < -0.4 is 5.32 Å². The predicted molar refractivity (Wildman–Crippen MR) is 193 cm³/mol. The lowest BCUT2D eigenvalue weighted by Crippen LogP contribution is -2.55. The number of aliphatic hydroxyl groups excluding tert-OH is 4. The second-order valence-electron chi connectivity index (χ2n) is 14.8. The van der Waals surface area contributed by atoms with E-state index in [1.165, 1.54) is 14.0 Å². The molecule has 11 nitrogen and oxygen atoms in total. The van der Waals surface area contributed by atoms with Crippen molar-refractivity contribution in [3.05, 3.63) is 47.3 Å². The number of amides is 1. The predicted octanol–water partition coefficient (Wildman–Crippen LogP) is 4.67. The van der Waals surface area contributed by atoms with Crippen LogP contribution in [-0.4, -0.2) is 99.4 Å². The van der Waals surface area contributed by atoms with Crippen LogP contribution in [0.3, 0.4) is 0 Å². The first-order valence-corrected chi connectivity index (χ1v) is 18.3. The topological polar surface area (TPSA) is 167 Å². The summed E-state index contributed by atoms with van der Waals surface area (Å²) in [4.78, 5) is 11.9. The van der Waals surface area contributed by atoms with Crippen LogP contribution in [0.1, 0.15) is 101 Å². The number of nitrogens with one attached hydrogen (secondary N) is 1. The number of hydrogen-bond donors (Lipinski definition) is 6. The van der Waals surface area contributed by atoms with E-state index in [2.05, 4.69) is 11.4 Å². The van der Waals surface area contributed by atoms with Gasteiger partial charge in [-0.1, -0.05) is 58.9 Å². The first kappa shape index (κ1) is 44.1. The summed E-state index contributed by atoms with van der Waals surface area (Å²) < 4.78 is 24.6. The van der Waals surface area contributed by atoms with Gasteiger partial charge in [0.25, 0.3) is 0 Å². The third-order valence-electron chi connectivity index (χ3n) is 10.4. The second kappa shape index (κ2) is 20.2. The molecule has 11 heteroatoms. The lowest BCUT2D eigenvalue weighted by Gasteiger charge is -2.43. The Hall–Kier alpha value is -2.09. The molecule has 2 saturated heterocycles. The Morgan fingerprint density at radius 1 is 1.06 bits per heavy atom. The molecule has 6 N–H and O–H groups in total. The number of allylic oxidation sites excluding steroid dienone is 3. The number of carbonyl (C=O) groups is 1. The molecule has 0 aliphatic carbocycles. The first-order valence-electron chi connectivity index (χ1n) is 18.3. The number of ether oxygens (including phenoxy) is 4. The Morgan fingerprint density at radius 2 is 1.72 bits per heavy atom. The molecule has 14 atom stereocenters. The highest BCUT2D eigenvalue weighted by Gasteiger charge is 2.45. The van der Waals surface area contributed by atoms with Gasteiger partial charge in [0.05, 0.1) is 43.7 Å². The molecular formula is C39H67NO10. The van der Waals surface area contributed by atoms with Crippen molar-refractivity contribution in [2.75, 3.05) is 7.11 Å². The third-order valence-corrected chi connectivity index (χ3v) is 10.4. The van der Waals surface area contributed by atoms with Crippen LogP contribution in [0.4, 0.5) is 0 Å². The normalized spacial score (nSPS) is 33.8. The Balaban J connectivity index is 2.34. The molecule has 0 saturated carbocycles. The Morgan fingerprint density at radius 3 is 2.30 bits per heavy atom. The van der Waals surface area contributed by atoms with E-state index in [4.69, 9.17) is 18.9 Å². The summed E-state index contributed by atoms with van der Waals surface area (Å²) in [6.07, 6.45) is 6.51. The van der Waals surface area contributed by atoms with Gasteiger partial charge in [-0.15, -0.1) is 0 Å². The lowest BCUT2D eigenvalue weighted by atomic mass is 9.85. The molecule has 0 bridgehead atoms. The van der Waals surface area contributed by atoms with Crippen LogP contribution in [0, 0.1) is 23.7 Å².